The largest absolute Gasteiger partial charge is 0.497 e. The maximum atomic E-state index is 5.40. The third-order valence-electron chi connectivity index (χ3n) is 5.38. The molecule has 1 saturated heterocycles. The van der Waals surface area contributed by atoms with Crippen LogP contribution in [0.2, 0.25) is 0 Å². The Morgan fingerprint density at radius 3 is 2.53 bits per heavy atom. The van der Waals surface area contributed by atoms with E-state index >= 15 is 0 Å². The highest BCUT2D eigenvalue weighted by atomic mass is 127. The Morgan fingerprint density at radius 1 is 1.22 bits per heavy atom. The summed E-state index contributed by atoms with van der Waals surface area (Å²) in [6.45, 7) is 10.8. The summed E-state index contributed by atoms with van der Waals surface area (Å²) in [5.41, 5.74) is 2.34. The molecule has 1 aromatic heterocycles. The molecule has 0 spiro atoms. The standard InChI is InChI=1S/C23H35N5O2S.HI/c1-6-24-23(25-9-7-22-16(2)26-17(3)31-22)27-19-8-10-28(15-19)14-18-11-20(29-4)13-21(12-18)30-5;/h11-13,19H,6-10,14-15H2,1-5H3,(H2,24,25,27);1H. The number of hydrogen-bond donors (Lipinski definition) is 2. The maximum Gasteiger partial charge on any atom is 0.191 e. The van der Waals surface area contributed by atoms with Crippen molar-refractivity contribution < 1.29 is 9.47 Å². The van der Waals surface area contributed by atoms with Crippen molar-refractivity contribution in [2.24, 2.45) is 4.99 Å². The van der Waals surface area contributed by atoms with Crippen LogP contribution in [0.3, 0.4) is 0 Å². The average molecular weight is 574 g/mol. The maximum absolute atomic E-state index is 5.40. The van der Waals surface area contributed by atoms with E-state index in [9.17, 15) is 0 Å². The Labute approximate surface area is 213 Å². The van der Waals surface area contributed by atoms with Crippen LogP contribution in [0.1, 0.15) is 34.5 Å². The fourth-order valence-electron chi connectivity index (χ4n) is 3.90. The van der Waals surface area contributed by atoms with E-state index in [1.807, 2.05) is 6.07 Å². The number of likely N-dealkylation sites (tertiary alicyclic amines) is 1. The number of aliphatic imine (C=N–C) groups is 1. The van der Waals surface area contributed by atoms with Crippen LogP contribution >= 0.6 is 35.3 Å². The highest BCUT2D eigenvalue weighted by molar-refractivity contribution is 14.0. The topological polar surface area (TPSA) is 71.0 Å². The van der Waals surface area contributed by atoms with Gasteiger partial charge in [-0.2, -0.15) is 0 Å². The van der Waals surface area contributed by atoms with Crippen LogP contribution in [0.15, 0.2) is 23.2 Å². The molecule has 1 aromatic carbocycles. The second-order valence-electron chi connectivity index (χ2n) is 7.84. The SMILES string of the molecule is CCNC(=NCCc1sc(C)nc1C)NC1CCN(Cc2cc(OC)cc(OC)c2)C1.I. The molecule has 32 heavy (non-hydrogen) atoms. The van der Waals surface area contributed by atoms with Gasteiger partial charge in [-0.25, -0.2) is 4.98 Å². The predicted octanol–water partition coefficient (Wildman–Crippen LogP) is 3.77. The molecule has 2 aromatic rings. The van der Waals surface area contributed by atoms with Gasteiger partial charge in [-0.15, -0.1) is 35.3 Å². The minimum Gasteiger partial charge on any atom is -0.497 e. The number of thiazole rings is 1. The summed E-state index contributed by atoms with van der Waals surface area (Å²) in [6, 6.07) is 6.46. The van der Waals surface area contributed by atoms with Gasteiger partial charge in [0.25, 0.3) is 0 Å². The zero-order valence-electron chi connectivity index (χ0n) is 19.7. The van der Waals surface area contributed by atoms with Crippen molar-refractivity contribution in [3.05, 3.63) is 39.3 Å². The minimum absolute atomic E-state index is 0. The van der Waals surface area contributed by atoms with Crippen LogP contribution in [0.5, 0.6) is 11.5 Å². The van der Waals surface area contributed by atoms with Gasteiger partial charge >= 0.3 is 0 Å². The molecule has 1 fully saturated rings. The van der Waals surface area contributed by atoms with E-state index in [0.29, 0.717) is 6.04 Å². The van der Waals surface area contributed by atoms with E-state index in [0.717, 1.165) is 73.7 Å². The molecule has 2 heterocycles. The molecule has 7 nitrogen and oxygen atoms in total. The molecule has 0 radical (unpaired) electrons. The highest BCUT2D eigenvalue weighted by Crippen LogP contribution is 2.24. The number of rotatable bonds is 9. The lowest BCUT2D eigenvalue weighted by molar-refractivity contribution is 0.321. The van der Waals surface area contributed by atoms with Gasteiger partial charge < -0.3 is 20.1 Å². The van der Waals surface area contributed by atoms with Gasteiger partial charge in [0.2, 0.25) is 0 Å². The normalized spacial score (nSPS) is 16.5. The van der Waals surface area contributed by atoms with Gasteiger partial charge in [0.1, 0.15) is 11.5 Å². The fraction of sp³-hybridized carbons (Fsp3) is 0.565. The zero-order valence-corrected chi connectivity index (χ0v) is 22.9. The Morgan fingerprint density at radius 2 is 1.94 bits per heavy atom. The first kappa shape index (κ1) is 26.7. The summed E-state index contributed by atoms with van der Waals surface area (Å²) < 4.78 is 10.8. The van der Waals surface area contributed by atoms with Crippen LogP contribution in [0.4, 0.5) is 0 Å². The molecule has 1 atom stereocenters. The highest BCUT2D eigenvalue weighted by Gasteiger charge is 2.23. The molecule has 0 aliphatic carbocycles. The molecule has 178 valence electrons. The van der Waals surface area contributed by atoms with E-state index in [1.165, 1.54) is 10.4 Å². The quantitative estimate of drug-likeness (QED) is 0.271. The van der Waals surface area contributed by atoms with Crippen molar-refractivity contribution in [2.45, 2.75) is 46.2 Å². The van der Waals surface area contributed by atoms with Gasteiger partial charge in [-0.3, -0.25) is 9.89 Å². The molecule has 2 N–H and O–H groups in total. The van der Waals surface area contributed by atoms with E-state index in [2.05, 4.69) is 53.4 Å². The zero-order chi connectivity index (χ0) is 22.2. The molecular formula is C23H36IN5O2S. The van der Waals surface area contributed by atoms with E-state index in [1.54, 1.807) is 25.6 Å². The molecule has 1 unspecified atom stereocenters. The van der Waals surface area contributed by atoms with Crippen LogP contribution in [0, 0.1) is 13.8 Å². The molecule has 1 aliphatic heterocycles. The predicted molar refractivity (Wildman–Crippen MR) is 143 cm³/mol. The van der Waals surface area contributed by atoms with Crippen LogP contribution < -0.4 is 20.1 Å². The van der Waals surface area contributed by atoms with Gasteiger partial charge in [-0.05, 0) is 44.9 Å². The third kappa shape index (κ3) is 7.77. The molecule has 1 aliphatic rings. The molecule has 0 amide bonds. The van der Waals surface area contributed by atoms with Crippen molar-refractivity contribution in [3.8, 4) is 11.5 Å². The lowest BCUT2D eigenvalue weighted by Crippen LogP contribution is -2.44. The summed E-state index contributed by atoms with van der Waals surface area (Å²) in [5.74, 6) is 2.56. The number of methoxy groups -OCH3 is 2. The first-order valence-corrected chi connectivity index (χ1v) is 11.7. The molecule has 0 bridgehead atoms. The van der Waals surface area contributed by atoms with E-state index in [-0.39, 0.29) is 24.0 Å². The van der Waals surface area contributed by atoms with Crippen molar-refractivity contribution in [2.75, 3.05) is 40.4 Å². The van der Waals surface area contributed by atoms with Crippen LogP contribution in [-0.2, 0) is 13.0 Å². The van der Waals surface area contributed by atoms with Crippen molar-refractivity contribution >= 4 is 41.3 Å². The second kappa shape index (κ2) is 13.2. The average Bonchev–Trinajstić information content (AvgIpc) is 3.32. The molecule has 0 saturated carbocycles. The third-order valence-corrected chi connectivity index (χ3v) is 6.52. The number of hydrogen-bond acceptors (Lipinski definition) is 6. The Hall–Kier alpha value is -1.59. The van der Waals surface area contributed by atoms with E-state index in [4.69, 9.17) is 14.5 Å². The number of aryl methyl sites for hydroxylation is 2. The first-order valence-electron chi connectivity index (χ1n) is 10.9. The van der Waals surface area contributed by atoms with Crippen LogP contribution in [-0.4, -0.2) is 62.3 Å². The Balaban J connectivity index is 0.00000363. The number of nitrogens with zero attached hydrogens (tertiary/aromatic N) is 3. The number of halogens is 1. The summed E-state index contributed by atoms with van der Waals surface area (Å²) in [5, 5.41) is 8.13. The Kier molecular flexibility index (Phi) is 11.0. The summed E-state index contributed by atoms with van der Waals surface area (Å²) in [4.78, 5) is 13.1. The van der Waals surface area contributed by atoms with Crippen molar-refractivity contribution in [1.82, 2.24) is 20.5 Å². The Bertz CT molecular complexity index is 867. The number of benzene rings is 1. The number of nitrogens with one attached hydrogen (secondary N) is 2. The summed E-state index contributed by atoms with van der Waals surface area (Å²) in [7, 11) is 3.38. The van der Waals surface area contributed by atoms with Gasteiger partial charge in [0.05, 0.1) is 24.9 Å². The molecule has 3 rings (SSSR count). The fourth-order valence-corrected chi connectivity index (χ4v) is 4.82. The van der Waals surface area contributed by atoms with Crippen molar-refractivity contribution in [1.29, 1.82) is 0 Å². The van der Waals surface area contributed by atoms with Gasteiger partial charge in [0.15, 0.2) is 5.96 Å². The molecule has 9 heteroatoms. The number of aromatic nitrogens is 1. The van der Waals surface area contributed by atoms with Crippen molar-refractivity contribution in [3.63, 3.8) is 0 Å². The summed E-state index contributed by atoms with van der Waals surface area (Å²) in [6.07, 6.45) is 2.03. The number of guanidine groups is 1. The smallest absolute Gasteiger partial charge is 0.191 e. The molecular weight excluding hydrogens is 537 g/mol. The van der Waals surface area contributed by atoms with E-state index < -0.39 is 0 Å². The first-order chi connectivity index (χ1) is 15.0. The summed E-state index contributed by atoms with van der Waals surface area (Å²) >= 11 is 1.77. The second-order valence-corrected chi connectivity index (χ2v) is 9.13. The lowest BCUT2D eigenvalue weighted by atomic mass is 10.2. The van der Waals surface area contributed by atoms with Crippen LogP contribution in [0.25, 0.3) is 0 Å². The van der Waals surface area contributed by atoms with Gasteiger partial charge in [0, 0.05) is 56.1 Å². The monoisotopic (exact) mass is 573 g/mol. The number of ether oxygens (including phenoxy) is 2. The minimum atomic E-state index is 0. The van der Waals surface area contributed by atoms with Gasteiger partial charge in [-0.1, -0.05) is 0 Å². The lowest BCUT2D eigenvalue weighted by Gasteiger charge is -2.19.